The average molecular weight is 265 g/mol. The van der Waals surface area contributed by atoms with Gasteiger partial charge in [-0.3, -0.25) is 4.79 Å². The molecule has 0 aliphatic heterocycles. The van der Waals surface area contributed by atoms with Crippen molar-refractivity contribution < 1.29 is 19.8 Å². The predicted molar refractivity (Wildman–Crippen MR) is 71.3 cm³/mol. The Labute approximate surface area is 112 Å². The van der Waals surface area contributed by atoms with Gasteiger partial charge in [0.15, 0.2) is 0 Å². The third-order valence-corrected chi connectivity index (χ3v) is 2.52. The number of phenolic OH excluding ortho intramolecular Hbond substituents is 1. The summed E-state index contributed by atoms with van der Waals surface area (Å²) < 4.78 is 0. The van der Waals surface area contributed by atoms with Crippen LogP contribution in [0.2, 0.25) is 0 Å². The fraction of sp³-hybridized carbons (Fsp3) is 0.429. The number of aliphatic carboxylic acids is 1. The Balaban J connectivity index is 0.000000982. The summed E-state index contributed by atoms with van der Waals surface area (Å²) in [6.07, 6.45) is 0.740. The molecule has 0 amide bonds. The summed E-state index contributed by atoms with van der Waals surface area (Å²) in [5.41, 5.74) is 2.06. The second-order valence-corrected chi connectivity index (χ2v) is 5.23. The van der Waals surface area contributed by atoms with Gasteiger partial charge in [-0.25, -0.2) is 10.2 Å². The lowest BCUT2D eigenvalue weighted by atomic mass is 9.84. The Bertz CT molecular complexity index is 495. The zero-order valence-electron chi connectivity index (χ0n) is 11.6. The Morgan fingerprint density at radius 1 is 1.37 bits per heavy atom. The molecular formula is C14H19NO4. The molecule has 19 heavy (non-hydrogen) atoms. The molecule has 0 aliphatic carbocycles. The van der Waals surface area contributed by atoms with Crippen LogP contribution in [-0.2, 0) is 21.4 Å². The minimum Gasteiger partial charge on any atom is -0.507 e. The van der Waals surface area contributed by atoms with Gasteiger partial charge in [-0.2, -0.15) is 0 Å². The number of hydrogen-bond acceptors (Lipinski definition) is 4. The molecule has 0 bridgehead atoms. The molecule has 3 N–H and O–H groups in total. The number of isocyanates is 1. The van der Waals surface area contributed by atoms with Crippen molar-refractivity contribution in [1.29, 1.82) is 5.41 Å². The van der Waals surface area contributed by atoms with E-state index in [1.165, 1.54) is 0 Å². The highest BCUT2D eigenvalue weighted by Gasteiger charge is 2.20. The van der Waals surface area contributed by atoms with Gasteiger partial charge in [0, 0.05) is 0 Å². The van der Waals surface area contributed by atoms with Crippen molar-refractivity contribution in [1.82, 2.24) is 0 Å². The van der Waals surface area contributed by atoms with E-state index >= 15 is 0 Å². The average Bonchev–Trinajstić information content (AvgIpc) is 2.21. The molecular weight excluding hydrogens is 246 g/mol. The molecule has 0 radical (unpaired) electrons. The first-order valence-corrected chi connectivity index (χ1v) is 5.72. The Morgan fingerprint density at radius 3 is 2.21 bits per heavy atom. The molecule has 1 aromatic carbocycles. The number of aryl methyl sites for hydroxylation is 1. The highest BCUT2D eigenvalue weighted by atomic mass is 16.4. The lowest BCUT2D eigenvalue weighted by molar-refractivity contribution is -0.136. The molecule has 0 saturated heterocycles. The van der Waals surface area contributed by atoms with Crippen LogP contribution < -0.4 is 0 Å². The lowest BCUT2D eigenvalue weighted by Gasteiger charge is -2.22. The van der Waals surface area contributed by atoms with E-state index in [4.69, 9.17) is 15.3 Å². The summed E-state index contributed by atoms with van der Waals surface area (Å²) in [6.45, 7) is 7.76. The van der Waals surface area contributed by atoms with Crippen LogP contribution >= 0.6 is 0 Å². The highest BCUT2D eigenvalue weighted by molar-refractivity contribution is 5.70. The van der Waals surface area contributed by atoms with E-state index in [2.05, 4.69) is 0 Å². The van der Waals surface area contributed by atoms with E-state index in [0.29, 0.717) is 0 Å². The monoisotopic (exact) mass is 265 g/mol. The topological polar surface area (TPSA) is 98.4 Å². The van der Waals surface area contributed by atoms with Gasteiger partial charge >= 0.3 is 5.97 Å². The number of rotatable bonds is 2. The lowest BCUT2D eigenvalue weighted by Crippen LogP contribution is -2.13. The molecule has 5 heteroatoms. The third kappa shape index (κ3) is 5.36. The molecule has 1 rings (SSSR count). The van der Waals surface area contributed by atoms with E-state index in [1.807, 2.05) is 20.8 Å². The molecule has 0 aromatic heterocycles. The van der Waals surface area contributed by atoms with Crippen molar-refractivity contribution in [2.24, 2.45) is 0 Å². The molecule has 0 heterocycles. The number of phenols is 1. The zero-order chi connectivity index (χ0) is 15.2. The second kappa shape index (κ2) is 6.71. The van der Waals surface area contributed by atoms with Crippen LogP contribution in [-0.4, -0.2) is 22.3 Å². The van der Waals surface area contributed by atoms with Gasteiger partial charge in [-0.15, -0.1) is 0 Å². The number of carbonyl (C=O) groups is 1. The van der Waals surface area contributed by atoms with Gasteiger partial charge < -0.3 is 10.2 Å². The van der Waals surface area contributed by atoms with Gasteiger partial charge in [0.05, 0.1) is 6.42 Å². The Kier molecular flexibility index (Phi) is 5.96. The van der Waals surface area contributed by atoms with Crippen LogP contribution in [0.5, 0.6) is 5.75 Å². The van der Waals surface area contributed by atoms with Crippen LogP contribution in [0, 0.1) is 12.3 Å². The number of benzene rings is 1. The zero-order valence-corrected chi connectivity index (χ0v) is 11.6. The largest absolute Gasteiger partial charge is 0.507 e. The minimum absolute atomic E-state index is 0.00972. The first-order chi connectivity index (χ1) is 8.63. The van der Waals surface area contributed by atoms with Crippen LogP contribution in [0.4, 0.5) is 0 Å². The first kappa shape index (κ1) is 16.9. The molecule has 0 atom stereocenters. The Hall–Kier alpha value is -2.13. The summed E-state index contributed by atoms with van der Waals surface area (Å²) in [4.78, 5) is 19.0. The molecule has 0 fully saturated rings. The fourth-order valence-corrected chi connectivity index (χ4v) is 1.70. The van der Waals surface area contributed by atoms with Gasteiger partial charge in [0.1, 0.15) is 5.75 Å². The maximum absolute atomic E-state index is 10.7. The summed E-state index contributed by atoms with van der Waals surface area (Å²) in [7, 11) is 0. The fourth-order valence-electron chi connectivity index (χ4n) is 1.70. The molecule has 0 saturated carbocycles. The van der Waals surface area contributed by atoms with Crippen LogP contribution in [0.25, 0.3) is 0 Å². The summed E-state index contributed by atoms with van der Waals surface area (Å²) in [6, 6.07) is 3.50. The van der Waals surface area contributed by atoms with E-state index < -0.39 is 5.97 Å². The van der Waals surface area contributed by atoms with Gasteiger partial charge in [0.25, 0.3) is 0 Å². The van der Waals surface area contributed by atoms with Crippen molar-refractivity contribution in [3.05, 3.63) is 28.8 Å². The normalized spacial score (nSPS) is 10.1. The van der Waals surface area contributed by atoms with Crippen LogP contribution in [0.15, 0.2) is 12.1 Å². The molecule has 104 valence electrons. The Morgan fingerprint density at radius 2 is 1.84 bits per heavy atom. The van der Waals surface area contributed by atoms with Crippen molar-refractivity contribution in [3.8, 4) is 5.75 Å². The maximum atomic E-state index is 10.7. The van der Waals surface area contributed by atoms with Gasteiger partial charge in [-0.1, -0.05) is 32.9 Å². The standard InChI is InChI=1S/C13H18O3.CHNO/c1-8-5-9(7-11(14)15)6-10(12(8)16)13(2,3)4;2-1-3/h5-6,16H,7H2,1-4H3,(H,14,15);2H. The minimum atomic E-state index is -0.857. The van der Waals surface area contributed by atoms with Crippen molar-refractivity contribution in [3.63, 3.8) is 0 Å². The quantitative estimate of drug-likeness (QED) is 0.565. The summed E-state index contributed by atoms with van der Waals surface area (Å²) in [5, 5.41) is 24.1. The number of carboxylic acids is 1. The number of carboxylic acid groups (broad SMARTS) is 1. The summed E-state index contributed by atoms with van der Waals surface area (Å²) >= 11 is 0. The SMILES string of the molecule is Cc1cc(CC(=O)O)cc(C(C)(C)C)c1O.N=C=O. The molecule has 5 nitrogen and oxygen atoms in total. The van der Waals surface area contributed by atoms with E-state index in [1.54, 1.807) is 19.1 Å². The van der Waals surface area contributed by atoms with Crippen molar-refractivity contribution in [2.75, 3.05) is 0 Å². The second-order valence-electron chi connectivity index (χ2n) is 5.23. The van der Waals surface area contributed by atoms with Crippen LogP contribution in [0.3, 0.4) is 0 Å². The smallest absolute Gasteiger partial charge is 0.307 e. The van der Waals surface area contributed by atoms with E-state index in [0.717, 1.165) is 22.8 Å². The van der Waals surface area contributed by atoms with E-state index in [-0.39, 0.29) is 17.6 Å². The number of aromatic hydroxyl groups is 1. The molecule has 1 aromatic rings. The van der Waals surface area contributed by atoms with Gasteiger partial charge in [0.2, 0.25) is 6.08 Å². The number of nitrogens with one attached hydrogen (secondary N) is 1. The highest BCUT2D eigenvalue weighted by Crippen LogP contribution is 2.34. The number of hydrogen-bond donors (Lipinski definition) is 3. The van der Waals surface area contributed by atoms with Crippen LogP contribution in [0.1, 0.15) is 37.5 Å². The molecule has 0 aliphatic rings. The first-order valence-electron chi connectivity index (χ1n) is 5.72. The maximum Gasteiger partial charge on any atom is 0.307 e. The van der Waals surface area contributed by atoms with Gasteiger partial charge in [-0.05, 0) is 29.0 Å². The van der Waals surface area contributed by atoms with Crippen molar-refractivity contribution in [2.45, 2.75) is 39.5 Å². The number of carbonyl (C=O) groups excluding carboxylic acids is 1. The van der Waals surface area contributed by atoms with E-state index in [9.17, 15) is 9.90 Å². The van der Waals surface area contributed by atoms with Crippen molar-refractivity contribution >= 4 is 12.0 Å². The third-order valence-electron chi connectivity index (χ3n) is 2.52. The predicted octanol–water partition coefficient (Wildman–Crippen LogP) is 2.53. The summed E-state index contributed by atoms with van der Waals surface area (Å²) in [5.74, 6) is -0.591. The molecule has 0 unspecified atom stereocenters. The molecule has 0 spiro atoms.